The number of methoxy groups -OCH3 is 1. The molecule has 2 aromatic heterocycles. The van der Waals surface area contributed by atoms with Crippen molar-refractivity contribution >= 4 is 29.0 Å². The minimum absolute atomic E-state index is 0.331. The maximum atomic E-state index is 12.5. The molecule has 178 valence electrons. The van der Waals surface area contributed by atoms with Crippen molar-refractivity contribution < 1.29 is 9.53 Å². The van der Waals surface area contributed by atoms with Gasteiger partial charge in [-0.05, 0) is 66.2 Å². The molecule has 5 rings (SSSR count). The minimum Gasteiger partial charge on any atom is -0.497 e. The van der Waals surface area contributed by atoms with Gasteiger partial charge in [0.25, 0.3) is 0 Å². The van der Waals surface area contributed by atoms with Crippen LogP contribution in [0.5, 0.6) is 5.75 Å². The second-order valence-corrected chi connectivity index (χ2v) is 8.38. The lowest BCUT2D eigenvalue weighted by atomic mass is 10.0. The van der Waals surface area contributed by atoms with Crippen LogP contribution in [0.4, 0.5) is 16.2 Å². The predicted molar refractivity (Wildman–Crippen MR) is 143 cm³/mol. The van der Waals surface area contributed by atoms with Crippen molar-refractivity contribution in [3.63, 3.8) is 0 Å². The van der Waals surface area contributed by atoms with Crippen LogP contribution >= 0.6 is 11.6 Å². The molecule has 0 saturated carbocycles. The highest BCUT2D eigenvalue weighted by Gasteiger charge is 2.16. The Morgan fingerprint density at radius 3 is 2.39 bits per heavy atom. The fourth-order valence-corrected chi connectivity index (χ4v) is 4.05. The molecule has 0 unspecified atom stereocenters. The third-order valence-electron chi connectivity index (χ3n) is 5.49. The van der Waals surface area contributed by atoms with Gasteiger partial charge in [0.1, 0.15) is 11.4 Å². The molecule has 7 nitrogen and oxygen atoms in total. The third-order valence-corrected chi connectivity index (χ3v) is 5.70. The Kier molecular flexibility index (Phi) is 6.64. The maximum absolute atomic E-state index is 12.5. The van der Waals surface area contributed by atoms with E-state index >= 15 is 0 Å². The van der Waals surface area contributed by atoms with E-state index < -0.39 is 0 Å². The number of hydrogen-bond donors (Lipinski definition) is 2. The van der Waals surface area contributed by atoms with E-state index in [-0.39, 0.29) is 6.03 Å². The Bertz CT molecular complexity index is 1500. The summed E-state index contributed by atoms with van der Waals surface area (Å²) in [4.78, 5) is 16.6. The lowest BCUT2D eigenvalue weighted by molar-refractivity contribution is 0.262. The Morgan fingerprint density at radius 1 is 0.861 bits per heavy atom. The van der Waals surface area contributed by atoms with E-state index in [0.29, 0.717) is 22.1 Å². The van der Waals surface area contributed by atoms with Crippen LogP contribution in [0.2, 0.25) is 5.02 Å². The largest absolute Gasteiger partial charge is 0.497 e. The number of nitrogens with one attached hydrogen (secondary N) is 2. The monoisotopic (exact) mass is 495 g/mol. The van der Waals surface area contributed by atoms with Crippen LogP contribution in [0.1, 0.15) is 0 Å². The summed E-state index contributed by atoms with van der Waals surface area (Å²) in [6.07, 6.45) is 5.43. The van der Waals surface area contributed by atoms with E-state index in [2.05, 4.69) is 15.6 Å². The first-order valence-corrected chi connectivity index (χ1v) is 11.6. The zero-order valence-corrected chi connectivity index (χ0v) is 20.1. The number of ether oxygens (including phenoxy) is 1. The van der Waals surface area contributed by atoms with Gasteiger partial charge in [-0.3, -0.25) is 4.98 Å². The fraction of sp³-hybridized carbons (Fsp3) is 0.0357. The average Bonchev–Trinajstić information content (AvgIpc) is 3.35. The molecule has 5 aromatic rings. The van der Waals surface area contributed by atoms with E-state index in [0.717, 1.165) is 28.1 Å². The van der Waals surface area contributed by atoms with Gasteiger partial charge in [0.15, 0.2) is 0 Å². The summed E-state index contributed by atoms with van der Waals surface area (Å²) in [5.41, 5.74) is 5.55. The summed E-state index contributed by atoms with van der Waals surface area (Å²) in [5.74, 6) is 0.642. The molecule has 3 aromatic carbocycles. The average molecular weight is 496 g/mol. The van der Waals surface area contributed by atoms with E-state index in [1.54, 1.807) is 30.3 Å². The van der Waals surface area contributed by atoms with E-state index in [1.807, 2.05) is 85.1 Å². The van der Waals surface area contributed by atoms with Crippen LogP contribution in [0.25, 0.3) is 28.1 Å². The zero-order chi connectivity index (χ0) is 24.9. The molecule has 0 spiro atoms. The van der Waals surface area contributed by atoms with Crippen LogP contribution in [0.3, 0.4) is 0 Å². The van der Waals surface area contributed by atoms with Crippen LogP contribution in [0, 0.1) is 0 Å². The highest BCUT2D eigenvalue weighted by molar-refractivity contribution is 6.31. The van der Waals surface area contributed by atoms with Gasteiger partial charge in [-0.1, -0.05) is 35.9 Å². The second kappa shape index (κ2) is 10.3. The lowest BCUT2D eigenvalue weighted by Crippen LogP contribution is -2.19. The summed E-state index contributed by atoms with van der Waals surface area (Å²) in [6, 6.07) is 25.8. The molecule has 36 heavy (non-hydrogen) atoms. The Morgan fingerprint density at radius 2 is 1.61 bits per heavy atom. The number of anilines is 2. The quantitative estimate of drug-likeness (QED) is 0.268. The van der Waals surface area contributed by atoms with Gasteiger partial charge >= 0.3 is 6.03 Å². The molecular formula is C28H22ClN5O2. The van der Waals surface area contributed by atoms with Crippen molar-refractivity contribution in [2.75, 3.05) is 17.7 Å². The van der Waals surface area contributed by atoms with Crippen LogP contribution in [0.15, 0.2) is 104 Å². The van der Waals surface area contributed by atoms with Crippen LogP contribution in [-0.2, 0) is 0 Å². The van der Waals surface area contributed by atoms with E-state index in [9.17, 15) is 4.79 Å². The maximum Gasteiger partial charge on any atom is 0.323 e. The third kappa shape index (κ3) is 5.21. The molecule has 0 aliphatic rings. The number of rotatable bonds is 6. The minimum atomic E-state index is -0.331. The Hall–Kier alpha value is -4.62. The molecule has 8 heteroatoms. The summed E-state index contributed by atoms with van der Waals surface area (Å²) >= 11 is 6.36. The molecular weight excluding hydrogens is 474 g/mol. The number of halogens is 1. The molecule has 0 bridgehead atoms. The molecule has 2 amide bonds. The predicted octanol–water partition coefficient (Wildman–Crippen LogP) is 6.91. The normalized spacial score (nSPS) is 10.6. The van der Waals surface area contributed by atoms with Gasteiger partial charge in [-0.25, -0.2) is 9.48 Å². The first-order valence-electron chi connectivity index (χ1n) is 11.2. The number of urea groups is 1. The number of para-hydroxylation sites is 1. The number of nitrogens with zero attached hydrogens (tertiary/aromatic N) is 3. The standard InChI is InChI=1S/C28H22ClN5O2/c1-36-25-15-20(14-21(29)16-25)27-26(19-10-12-30-13-11-19)18-34(33-27)24-9-5-8-23(17-24)32-28(35)31-22-6-3-2-4-7-22/h2-18H,1H3,(H2,31,32,35). The van der Waals surface area contributed by atoms with Gasteiger partial charge < -0.3 is 15.4 Å². The van der Waals surface area contributed by atoms with Crippen molar-refractivity contribution in [1.29, 1.82) is 0 Å². The van der Waals surface area contributed by atoms with Crippen molar-refractivity contribution in [2.45, 2.75) is 0 Å². The lowest BCUT2D eigenvalue weighted by Gasteiger charge is -2.09. The van der Waals surface area contributed by atoms with Crippen molar-refractivity contribution in [1.82, 2.24) is 14.8 Å². The number of hydrogen-bond acceptors (Lipinski definition) is 4. The summed E-state index contributed by atoms with van der Waals surface area (Å²) in [6.45, 7) is 0. The van der Waals surface area contributed by atoms with Gasteiger partial charge in [0.05, 0.1) is 12.8 Å². The second-order valence-electron chi connectivity index (χ2n) is 7.95. The molecule has 0 aliphatic heterocycles. The number of aromatic nitrogens is 3. The van der Waals surface area contributed by atoms with Crippen LogP contribution in [-0.4, -0.2) is 27.9 Å². The number of benzene rings is 3. The van der Waals surface area contributed by atoms with Gasteiger partial charge in [0, 0.05) is 46.1 Å². The highest BCUT2D eigenvalue weighted by Crippen LogP contribution is 2.35. The summed E-state index contributed by atoms with van der Waals surface area (Å²) in [5, 5.41) is 11.1. The summed E-state index contributed by atoms with van der Waals surface area (Å²) in [7, 11) is 1.60. The van der Waals surface area contributed by atoms with Gasteiger partial charge in [0.2, 0.25) is 0 Å². The Balaban J connectivity index is 1.50. The molecule has 0 aliphatic carbocycles. The SMILES string of the molecule is COc1cc(Cl)cc(-c2nn(-c3cccc(NC(=O)Nc4ccccc4)c3)cc2-c2ccncc2)c1. The highest BCUT2D eigenvalue weighted by atomic mass is 35.5. The molecule has 0 saturated heterocycles. The molecule has 0 fully saturated rings. The summed E-state index contributed by atoms with van der Waals surface area (Å²) < 4.78 is 7.19. The molecule has 2 N–H and O–H groups in total. The number of pyridine rings is 1. The van der Waals surface area contributed by atoms with E-state index in [4.69, 9.17) is 21.4 Å². The Labute approximate surface area is 213 Å². The van der Waals surface area contributed by atoms with Gasteiger partial charge in [-0.2, -0.15) is 5.10 Å². The number of amides is 2. The first-order chi connectivity index (χ1) is 17.6. The molecule has 0 atom stereocenters. The number of carbonyl (C=O) groups excluding carboxylic acids is 1. The topological polar surface area (TPSA) is 81.1 Å². The van der Waals surface area contributed by atoms with Crippen molar-refractivity contribution in [2.24, 2.45) is 0 Å². The van der Waals surface area contributed by atoms with Gasteiger partial charge in [-0.15, -0.1) is 0 Å². The fourth-order valence-electron chi connectivity index (χ4n) is 3.82. The zero-order valence-electron chi connectivity index (χ0n) is 19.4. The van der Waals surface area contributed by atoms with Crippen molar-refractivity contribution in [3.8, 4) is 33.8 Å². The number of carbonyl (C=O) groups is 1. The smallest absolute Gasteiger partial charge is 0.323 e. The molecule has 0 radical (unpaired) electrons. The molecule has 2 heterocycles. The van der Waals surface area contributed by atoms with Crippen molar-refractivity contribution in [3.05, 3.63) is 109 Å². The van der Waals surface area contributed by atoms with Crippen LogP contribution < -0.4 is 15.4 Å². The first kappa shape index (κ1) is 23.1. The van der Waals surface area contributed by atoms with E-state index in [1.165, 1.54) is 0 Å².